The van der Waals surface area contributed by atoms with E-state index in [1.807, 2.05) is 0 Å². The Balaban J connectivity index is 2.58. The predicted molar refractivity (Wildman–Crippen MR) is 70.9 cm³/mol. The lowest BCUT2D eigenvalue weighted by atomic mass is 10.2. The first kappa shape index (κ1) is 15.0. The molecule has 0 saturated heterocycles. The maximum absolute atomic E-state index is 11.4. The van der Waals surface area contributed by atoms with Gasteiger partial charge < -0.3 is 19.7 Å². The molecule has 1 aromatic carbocycles. The zero-order valence-electron chi connectivity index (χ0n) is 11.0. The SMILES string of the molecule is CCC(O)COC(=O)C=Cc1ccc(O)c(OC)c1. The van der Waals surface area contributed by atoms with Crippen LogP contribution in [0.1, 0.15) is 18.9 Å². The van der Waals surface area contributed by atoms with Crippen LogP contribution in [-0.4, -0.2) is 36.0 Å². The molecular weight excluding hydrogens is 248 g/mol. The summed E-state index contributed by atoms with van der Waals surface area (Å²) in [5.74, 6) is -0.162. The molecule has 1 unspecified atom stereocenters. The van der Waals surface area contributed by atoms with Gasteiger partial charge in [0.1, 0.15) is 6.61 Å². The van der Waals surface area contributed by atoms with Gasteiger partial charge in [0.15, 0.2) is 11.5 Å². The number of benzene rings is 1. The molecule has 0 saturated carbocycles. The monoisotopic (exact) mass is 266 g/mol. The number of aliphatic hydroxyl groups excluding tert-OH is 1. The molecule has 19 heavy (non-hydrogen) atoms. The van der Waals surface area contributed by atoms with Crippen LogP contribution in [0.2, 0.25) is 0 Å². The van der Waals surface area contributed by atoms with Gasteiger partial charge in [-0.25, -0.2) is 4.79 Å². The highest BCUT2D eigenvalue weighted by Crippen LogP contribution is 2.26. The molecule has 0 amide bonds. The summed E-state index contributed by atoms with van der Waals surface area (Å²) < 4.78 is 9.79. The average molecular weight is 266 g/mol. The first-order valence-electron chi connectivity index (χ1n) is 5.96. The fourth-order valence-corrected chi connectivity index (χ4v) is 1.31. The molecule has 0 aromatic heterocycles. The number of phenols is 1. The number of hydrogen-bond donors (Lipinski definition) is 2. The van der Waals surface area contributed by atoms with Crippen molar-refractivity contribution in [1.29, 1.82) is 0 Å². The highest BCUT2D eigenvalue weighted by molar-refractivity contribution is 5.87. The Morgan fingerprint density at radius 2 is 2.21 bits per heavy atom. The number of ether oxygens (including phenoxy) is 2. The third-order valence-corrected chi connectivity index (χ3v) is 2.50. The van der Waals surface area contributed by atoms with Crippen LogP contribution in [0.4, 0.5) is 0 Å². The van der Waals surface area contributed by atoms with Gasteiger partial charge in [-0.2, -0.15) is 0 Å². The zero-order chi connectivity index (χ0) is 14.3. The van der Waals surface area contributed by atoms with Crippen LogP contribution >= 0.6 is 0 Å². The smallest absolute Gasteiger partial charge is 0.330 e. The molecule has 0 heterocycles. The van der Waals surface area contributed by atoms with Crippen LogP contribution in [0.25, 0.3) is 6.08 Å². The van der Waals surface area contributed by atoms with Gasteiger partial charge >= 0.3 is 5.97 Å². The number of carbonyl (C=O) groups excluding carboxylic acids is 1. The van der Waals surface area contributed by atoms with Crippen LogP contribution in [0.5, 0.6) is 11.5 Å². The van der Waals surface area contributed by atoms with Crippen molar-refractivity contribution in [2.45, 2.75) is 19.4 Å². The van der Waals surface area contributed by atoms with E-state index < -0.39 is 12.1 Å². The fourth-order valence-electron chi connectivity index (χ4n) is 1.31. The van der Waals surface area contributed by atoms with E-state index >= 15 is 0 Å². The molecule has 0 spiro atoms. The summed E-state index contributed by atoms with van der Waals surface area (Å²) in [6.07, 6.45) is 2.70. The molecule has 5 nitrogen and oxygen atoms in total. The predicted octanol–water partition coefficient (Wildman–Crippen LogP) is 1.73. The molecule has 1 rings (SSSR count). The van der Waals surface area contributed by atoms with Crippen LogP contribution in [0, 0.1) is 0 Å². The van der Waals surface area contributed by atoms with Crippen molar-refractivity contribution in [2.75, 3.05) is 13.7 Å². The van der Waals surface area contributed by atoms with E-state index in [1.54, 1.807) is 25.1 Å². The molecule has 1 atom stereocenters. The third-order valence-electron chi connectivity index (χ3n) is 2.50. The normalized spacial score (nSPS) is 12.4. The van der Waals surface area contributed by atoms with E-state index in [0.29, 0.717) is 17.7 Å². The van der Waals surface area contributed by atoms with Crippen molar-refractivity contribution in [3.05, 3.63) is 29.8 Å². The van der Waals surface area contributed by atoms with Gasteiger partial charge in [0.05, 0.1) is 13.2 Å². The molecular formula is C14H18O5. The number of hydrogen-bond acceptors (Lipinski definition) is 5. The van der Waals surface area contributed by atoms with Crippen LogP contribution in [-0.2, 0) is 9.53 Å². The van der Waals surface area contributed by atoms with E-state index in [0.717, 1.165) is 0 Å². The summed E-state index contributed by atoms with van der Waals surface area (Å²) in [5.41, 5.74) is 0.697. The van der Waals surface area contributed by atoms with Crippen molar-refractivity contribution in [3.8, 4) is 11.5 Å². The van der Waals surface area contributed by atoms with Gasteiger partial charge in [-0.15, -0.1) is 0 Å². The second-order valence-electron chi connectivity index (χ2n) is 3.96. The van der Waals surface area contributed by atoms with E-state index in [-0.39, 0.29) is 12.4 Å². The van der Waals surface area contributed by atoms with E-state index in [4.69, 9.17) is 9.47 Å². The number of methoxy groups -OCH3 is 1. The molecule has 5 heteroatoms. The average Bonchev–Trinajstić information content (AvgIpc) is 2.43. The first-order chi connectivity index (χ1) is 9.06. The van der Waals surface area contributed by atoms with E-state index in [9.17, 15) is 15.0 Å². The van der Waals surface area contributed by atoms with Crippen molar-refractivity contribution in [2.24, 2.45) is 0 Å². The number of rotatable bonds is 6. The summed E-state index contributed by atoms with van der Waals surface area (Å²) in [6.45, 7) is 1.79. The lowest BCUT2D eigenvalue weighted by molar-refractivity contribution is -0.140. The molecule has 0 radical (unpaired) electrons. The van der Waals surface area contributed by atoms with Gasteiger partial charge in [-0.3, -0.25) is 0 Å². The minimum Gasteiger partial charge on any atom is -0.504 e. The van der Waals surface area contributed by atoms with Crippen LogP contribution in [0.15, 0.2) is 24.3 Å². The van der Waals surface area contributed by atoms with Crippen molar-refractivity contribution in [1.82, 2.24) is 0 Å². The third kappa shape index (κ3) is 5.01. The van der Waals surface area contributed by atoms with E-state index in [1.165, 1.54) is 19.3 Å². The van der Waals surface area contributed by atoms with Crippen molar-refractivity contribution in [3.63, 3.8) is 0 Å². The Hall–Kier alpha value is -2.01. The molecule has 0 aliphatic heterocycles. The quantitative estimate of drug-likeness (QED) is 0.605. The fraction of sp³-hybridized carbons (Fsp3) is 0.357. The first-order valence-corrected chi connectivity index (χ1v) is 5.96. The Bertz CT molecular complexity index is 453. The molecule has 1 aromatic rings. The topological polar surface area (TPSA) is 76.0 Å². The number of carbonyl (C=O) groups is 1. The molecule has 0 aliphatic rings. The molecule has 104 valence electrons. The standard InChI is InChI=1S/C14H18O5/c1-3-11(15)9-19-14(17)7-5-10-4-6-12(16)13(8-10)18-2/h4-8,11,15-16H,3,9H2,1-2H3. The van der Waals surface area contributed by atoms with Gasteiger partial charge in [0.25, 0.3) is 0 Å². The van der Waals surface area contributed by atoms with Crippen LogP contribution < -0.4 is 4.74 Å². The lowest BCUT2D eigenvalue weighted by Crippen LogP contribution is -2.16. The van der Waals surface area contributed by atoms with Gasteiger partial charge in [-0.1, -0.05) is 13.0 Å². The molecule has 0 bridgehead atoms. The highest BCUT2D eigenvalue weighted by atomic mass is 16.5. The van der Waals surface area contributed by atoms with Gasteiger partial charge in [0.2, 0.25) is 0 Å². The Morgan fingerprint density at radius 1 is 1.47 bits per heavy atom. The number of phenolic OH excluding ortho intramolecular Hbond substituents is 1. The van der Waals surface area contributed by atoms with Crippen LogP contribution in [0.3, 0.4) is 0 Å². The number of aliphatic hydroxyl groups is 1. The number of aromatic hydroxyl groups is 1. The van der Waals surface area contributed by atoms with Gasteiger partial charge in [0, 0.05) is 6.08 Å². The Morgan fingerprint density at radius 3 is 2.84 bits per heavy atom. The second kappa shape index (κ2) is 7.43. The largest absolute Gasteiger partial charge is 0.504 e. The zero-order valence-corrected chi connectivity index (χ0v) is 11.0. The maximum atomic E-state index is 11.4. The maximum Gasteiger partial charge on any atom is 0.330 e. The summed E-state index contributed by atoms with van der Waals surface area (Å²) in [5, 5.41) is 18.7. The Labute approximate surface area is 112 Å². The molecule has 0 fully saturated rings. The summed E-state index contributed by atoms with van der Waals surface area (Å²) in [4.78, 5) is 11.4. The van der Waals surface area contributed by atoms with E-state index in [2.05, 4.69) is 0 Å². The van der Waals surface area contributed by atoms with Crippen molar-refractivity contribution >= 4 is 12.0 Å². The lowest BCUT2D eigenvalue weighted by Gasteiger charge is -2.06. The van der Waals surface area contributed by atoms with Crippen molar-refractivity contribution < 1.29 is 24.5 Å². The highest BCUT2D eigenvalue weighted by Gasteiger charge is 2.04. The molecule has 0 aliphatic carbocycles. The minimum atomic E-state index is -0.633. The second-order valence-corrected chi connectivity index (χ2v) is 3.96. The summed E-state index contributed by atoms with van der Waals surface area (Å²) in [7, 11) is 1.45. The number of esters is 1. The van der Waals surface area contributed by atoms with Gasteiger partial charge in [-0.05, 0) is 30.2 Å². The molecule has 2 N–H and O–H groups in total. The Kier molecular flexibility index (Phi) is 5.89. The minimum absolute atomic E-state index is 0.0153. The summed E-state index contributed by atoms with van der Waals surface area (Å²) >= 11 is 0. The summed E-state index contributed by atoms with van der Waals surface area (Å²) in [6, 6.07) is 4.72.